The van der Waals surface area contributed by atoms with E-state index in [1.807, 2.05) is 0 Å². The third-order valence-corrected chi connectivity index (χ3v) is 5.66. The van der Waals surface area contributed by atoms with Crippen LogP contribution in [-0.4, -0.2) is 60.4 Å². The molecule has 0 bridgehead atoms. The summed E-state index contributed by atoms with van der Waals surface area (Å²) in [5.41, 5.74) is 0.570. The molecule has 0 N–H and O–H groups in total. The first-order valence-electron chi connectivity index (χ1n) is 10.1. The van der Waals surface area contributed by atoms with Crippen LogP contribution in [0.4, 0.5) is 10.1 Å². The Morgan fingerprint density at radius 1 is 1.41 bits per heavy atom. The van der Waals surface area contributed by atoms with Gasteiger partial charge < -0.3 is 9.47 Å². The molecular formula is C18H20Cl2FN7O4. The summed E-state index contributed by atoms with van der Waals surface area (Å²) in [5.74, 6) is -0.126. The van der Waals surface area contributed by atoms with Crippen LogP contribution in [0.15, 0.2) is 6.20 Å². The van der Waals surface area contributed by atoms with Crippen LogP contribution in [0, 0.1) is 10.1 Å². The number of alkyl halides is 1. The summed E-state index contributed by atoms with van der Waals surface area (Å²) >= 11 is 12.0. The van der Waals surface area contributed by atoms with Crippen molar-refractivity contribution in [3.05, 3.63) is 32.4 Å². The fourth-order valence-electron chi connectivity index (χ4n) is 3.73. The SMILES string of the molecule is CCc1c([N+](=O)[O-])c(OCCCn2nc(Cl)c3cnc(Cl)nc32)nn1C1CCOC[C@@H]1F. The number of nitro groups is 1. The number of ether oxygens (including phenoxy) is 2. The molecule has 1 saturated heterocycles. The van der Waals surface area contributed by atoms with Crippen molar-refractivity contribution in [1.29, 1.82) is 0 Å². The standard InChI is InChI=1S/C18H20Cl2FN7O4/c1-2-12-14(28(29)30)17(25-27(12)13-4-7-31-9-11(13)21)32-6-3-5-26-16-10(15(19)24-26)8-22-18(20)23-16/h8,11,13H,2-7,9H2,1H3/t11-,13?/m0/s1. The van der Waals surface area contributed by atoms with Gasteiger partial charge in [0.2, 0.25) is 5.28 Å². The average Bonchev–Trinajstić information content (AvgIpc) is 3.28. The summed E-state index contributed by atoms with van der Waals surface area (Å²) in [6.45, 7) is 2.55. The van der Waals surface area contributed by atoms with Gasteiger partial charge in [-0.3, -0.25) is 14.8 Å². The second-order valence-electron chi connectivity index (χ2n) is 7.19. The van der Waals surface area contributed by atoms with Crippen molar-refractivity contribution in [3.8, 4) is 5.88 Å². The zero-order chi connectivity index (χ0) is 22.8. The highest BCUT2D eigenvalue weighted by atomic mass is 35.5. The predicted molar refractivity (Wildman–Crippen MR) is 113 cm³/mol. The summed E-state index contributed by atoms with van der Waals surface area (Å²) in [6.07, 6.45) is 1.32. The Labute approximate surface area is 191 Å². The van der Waals surface area contributed by atoms with Crippen LogP contribution < -0.4 is 4.74 Å². The lowest BCUT2D eigenvalue weighted by molar-refractivity contribution is -0.386. The number of rotatable bonds is 8. The van der Waals surface area contributed by atoms with E-state index in [1.54, 1.807) is 11.6 Å². The summed E-state index contributed by atoms with van der Waals surface area (Å²) in [5, 5.41) is 21.1. The summed E-state index contributed by atoms with van der Waals surface area (Å²) in [7, 11) is 0. The number of halogens is 3. The normalized spacial score (nSPS) is 18.9. The Morgan fingerprint density at radius 3 is 2.94 bits per heavy atom. The van der Waals surface area contributed by atoms with Gasteiger partial charge in [-0.15, -0.1) is 5.10 Å². The molecule has 32 heavy (non-hydrogen) atoms. The van der Waals surface area contributed by atoms with E-state index in [-0.39, 0.29) is 35.2 Å². The first kappa shape index (κ1) is 22.6. The maximum absolute atomic E-state index is 14.4. The third-order valence-electron chi connectivity index (χ3n) is 5.20. The molecule has 0 radical (unpaired) electrons. The van der Waals surface area contributed by atoms with E-state index >= 15 is 0 Å². The molecular weight excluding hydrogens is 468 g/mol. The first-order valence-corrected chi connectivity index (χ1v) is 10.8. The Morgan fingerprint density at radius 2 is 2.22 bits per heavy atom. The van der Waals surface area contributed by atoms with Gasteiger partial charge in [-0.05, 0) is 24.4 Å². The van der Waals surface area contributed by atoms with Gasteiger partial charge in [-0.2, -0.15) is 10.1 Å². The quantitative estimate of drug-likeness (QED) is 0.204. The number of fused-ring (bicyclic) bond motifs is 1. The minimum Gasteiger partial charge on any atom is -0.472 e. The van der Waals surface area contributed by atoms with E-state index in [2.05, 4.69) is 20.2 Å². The second kappa shape index (κ2) is 9.51. The molecule has 1 aliphatic heterocycles. The van der Waals surface area contributed by atoms with Crippen molar-refractivity contribution < 1.29 is 18.8 Å². The van der Waals surface area contributed by atoms with Crippen molar-refractivity contribution in [2.75, 3.05) is 19.8 Å². The molecule has 1 aliphatic rings. The van der Waals surface area contributed by atoms with Gasteiger partial charge in [0, 0.05) is 25.8 Å². The maximum atomic E-state index is 14.4. The van der Waals surface area contributed by atoms with Gasteiger partial charge in [0.25, 0.3) is 0 Å². The minimum absolute atomic E-state index is 0.0639. The maximum Gasteiger partial charge on any atom is 0.353 e. The average molecular weight is 488 g/mol. The van der Waals surface area contributed by atoms with Crippen molar-refractivity contribution in [1.82, 2.24) is 29.5 Å². The van der Waals surface area contributed by atoms with Crippen LogP contribution in [0.1, 0.15) is 31.5 Å². The number of hydrogen-bond acceptors (Lipinski definition) is 8. The van der Waals surface area contributed by atoms with Gasteiger partial charge in [-0.1, -0.05) is 18.5 Å². The van der Waals surface area contributed by atoms with E-state index in [9.17, 15) is 14.5 Å². The number of nitrogens with zero attached hydrogens (tertiary/aromatic N) is 7. The molecule has 14 heteroatoms. The summed E-state index contributed by atoms with van der Waals surface area (Å²) in [4.78, 5) is 19.2. The Balaban J connectivity index is 1.50. The van der Waals surface area contributed by atoms with Gasteiger partial charge in [0.05, 0.1) is 29.6 Å². The molecule has 0 saturated carbocycles. The Bertz CT molecular complexity index is 1140. The van der Waals surface area contributed by atoms with E-state index in [1.165, 1.54) is 10.9 Å². The van der Waals surface area contributed by atoms with E-state index in [0.29, 0.717) is 49.1 Å². The summed E-state index contributed by atoms with van der Waals surface area (Å²) in [6, 6.07) is -0.628. The molecule has 2 atom stereocenters. The molecule has 1 unspecified atom stereocenters. The predicted octanol–water partition coefficient (Wildman–Crippen LogP) is 3.57. The molecule has 4 rings (SSSR count). The highest BCUT2D eigenvalue weighted by Gasteiger charge is 2.35. The van der Waals surface area contributed by atoms with Crippen LogP contribution in [0.3, 0.4) is 0 Å². The highest BCUT2D eigenvalue weighted by Crippen LogP contribution is 2.36. The fraction of sp³-hybridized carbons (Fsp3) is 0.556. The van der Waals surface area contributed by atoms with Gasteiger partial charge in [0.15, 0.2) is 10.8 Å². The molecule has 0 aromatic carbocycles. The fourth-order valence-corrected chi connectivity index (χ4v) is 4.08. The van der Waals surface area contributed by atoms with Crippen LogP contribution in [0.25, 0.3) is 11.0 Å². The molecule has 11 nitrogen and oxygen atoms in total. The monoisotopic (exact) mass is 487 g/mol. The number of aromatic nitrogens is 6. The topological polar surface area (TPSA) is 123 Å². The van der Waals surface area contributed by atoms with Gasteiger partial charge >= 0.3 is 11.6 Å². The van der Waals surface area contributed by atoms with Crippen molar-refractivity contribution in [3.63, 3.8) is 0 Å². The molecule has 1 fully saturated rings. The zero-order valence-corrected chi connectivity index (χ0v) is 18.6. The van der Waals surface area contributed by atoms with Crippen molar-refractivity contribution in [2.24, 2.45) is 0 Å². The van der Waals surface area contributed by atoms with E-state index in [4.69, 9.17) is 32.7 Å². The van der Waals surface area contributed by atoms with Gasteiger partial charge in [0.1, 0.15) is 11.9 Å². The Kier molecular flexibility index (Phi) is 6.72. The lowest BCUT2D eigenvalue weighted by atomic mass is 10.1. The number of aryl methyl sites for hydroxylation is 1. The van der Waals surface area contributed by atoms with Crippen LogP contribution in [0.2, 0.25) is 10.4 Å². The number of hydrogen-bond donors (Lipinski definition) is 0. The molecule has 4 heterocycles. The van der Waals surface area contributed by atoms with Crippen LogP contribution in [0.5, 0.6) is 5.88 Å². The first-order chi connectivity index (χ1) is 15.4. The van der Waals surface area contributed by atoms with E-state index in [0.717, 1.165) is 0 Å². The van der Waals surface area contributed by atoms with Crippen molar-refractivity contribution >= 4 is 39.9 Å². The summed E-state index contributed by atoms with van der Waals surface area (Å²) < 4.78 is 28.1. The Hall–Kier alpha value is -2.57. The molecule has 3 aromatic heterocycles. The van der Waals surface area contributed by atoms with Crippen LogP contribution in [-0.2, 0) is 17.7 Å². The smallest absolute Gasteiger partial charge is 0.353 e. The van der Waals surface area contributed by atoms with E-state index < -0.39 is 17.1 Å². The zero-order valence-electron chi connectivity index (χ0n) is 17.1. The highest BCUT2D eigenvalue weighted by molar-refractivity contribution is 6.34. The molecule has 172 valence electrons. The molecule has 0 aliphatic carbocycles. The molecule has 0 spiro atoms. The molecule has 3 aromatic rings. The third kappa shape index (κ3) is 4.34. The second-order valence-corrected chi connectivity index (χ2v) is 7.89. The largest absolute Gasteiger partial charge is 0.472 e. The lowest BCUT2D eigenvalue weighted by Gasteiger charge is -2.27. The molecule has 0 amide bonds. The minimum atomic E-state index is -1.30. The lowest BCUT2D eigenvalue weighted by Crippen LogP contribution is -2.32. The van der Waals surface area contributed by atoms with Gasteiger partial charge in [-0.25, -0.2) is 14.1 Å². The van der Waals surface area contributed by atoms with Crippen LogP contribution >= 0.6 is 23.2 Å². The van der Waals surface area contributed by atoms with Crippen molar-refractivity contribution in [2.45, 2.75) is 44.9 Å².